The molecule has 0 fully saturated rings. The number of hydrogen-bond acceptors (Lipinski definition) is 6. The van der Waals surface area contributed by atoms with E-state index in [2.05, 4.69) is 30.8 Å². The molecule has 0 atom stereocenters. The maximum Gasteiger partial charge on any atom is 0.272 e. The fourth-order valence-electron chi connectivity index (χ4n) is 2.01. The lowest BCUT2D eigenvalue weighted by molar-refractivity contribution is 0.0945. The third kappa shape index (κ3) is 4.33. The van der Waals surface area contributed by atoms with Crippen molar-refractivity contribution in [1.29, 1.82) is 0 Å². The minimum absolute atomic E-state index is 0.264. The third-order valence-electron chi connectivity index (χ3n) is 3.32. The lowest BCUT2D eigenvalue weighted by atomic mass is 10.2. The largest absolute Gasteiger partial charge is 0.365 e. The molecule has 120 valence electrons. The molecule has 0 aliphatic rings. The Morgan fingerprint density at radius 3 is 2.00 bits per heavy atom. The van der Waals surface area contributed by atoms with Gasteiger partial charge in [-0.2, -0.15) is 0 Å². The molecule has 0 saturated carbocycles. The van der Waals surface area contributed by atoms with Crippen molar-refractivity contribution in [2.75, 3.05) is 5.32 Å². The number of anilines is 1. The Hall–Kier alpha value is -3.35. The number of rotatable bonds is 6. The number of hydrogen-bond donors (Lipinski definition) is 2. The van der Waals surface area contributed by atoms with E-state index in [-0.39, 0.29) is 11.6 Å². The highest BCUT2D eigenvalue weighted by atomic mass is 16.1. The van der Waals surface area contributed by atoms with Gasteiger partial charge in [0.05, 0.1) is 0 Å². The fourth-order valence-corrected chi connectivity index (χ4v) is 2.01. The van der Waals surface area contributed by atoms with Crippen LogP contribution in [0.2, 0.25) is 0 Å². The first kappa shape index (κ1) is 15.5. The number of nitrogens with one attached hydrogen (secondary N) is 2. The monoisotopic (exact) mass is 320 g/mol. The second-order valence-electron chi connectivity index (χ2n) is 5.05. The smallest absolute Gasteiger partial charge is 0.272 e. The van der Waals surface area contributed by atoms with Crippen LogP contribution in [0.25, 0.3) is 0 Å². The van der Waals surface area contributed by atoms with E-state index in [1.165, 1.54) is 0 Å². The molecule has 24 heavy (non-hydrogen) atoms. The van der Waals surface area contributed by atoms with Gasteiger partial charge in [-0.3, -0.25) is 14.8 Å². The molecule has 0 aliphatic heterocycles. The van der Waals surface area contributed by atoms with E-state index in [9.17, 15) is 4.79 Å². The van der Waals surface area contributed by atoms with Crippen molar-refractivity contribution < 1.29 is 4.79 Å². The van der Waals surface area contributed by atoms with E-state index in [0.717, 1.165) is 11.1 Å². The Kier molecular flexibility index (Phi) is 5.03. The van der Waals surface area contributed by atoms with Crippen molar-refractivity contribution in [3.63, 3.8) is 0 Å². The van der Waals surface area contributed by atoms with Gasteiger partial charge < -0.3 is 10.6 Å². The van der Waals surface area contributed by atoms with E-state index < -0.39 is 0 Å². The average molecular weight is 320 g/mol. The summed E-state index contributed by atoms with van der Waals surface area (Å²) in [6.45, 7) is 1.04. The van der Waals surface area contributed by atoms with Gasteiger partial charge in [0.1, 0.15) is 5.82 Å². The van der Waals surface area contributed by atoms with Crippen LogP contribution in [0.4, 0.5) is 5.82 Å². The maximum absolute atomic E-state index is 12.1. The molecule has 3 rings (SSSR count). The molecule has 3 aromatic heterocycles. The van der Waals surface area contributed by atoms with Gasteiger partial charge >= 0.3 is 0 Å². The molecule has 0 bridgehead atoms. The third-order valence-corrected chi connectivity index (χ3v) is 3.32. The molecule has 0 spiro atoms. The highest BCUT2D eigenvalue weighted by Crippen LogP contribution is 2.05. The lowest BCUT2D eigenvalue weighted by Gasteiger charge is -2.06. The van der Waals surface area contributed by atoms with Gasteiger partial charge in [-0.25, -0.2) is 0 Å². The zero-order valence-electron chi connectivity index (χ0n) is 12.9. The van der Waals surface area contributed by atoms with Crippen LogP contribution in [0.3, 0.4) is 0 Å². The molecule has 0 aromatic carbocycles. The Labute approximate surface area is 139 Å². The lowest BCUT2D eigenvalue weighted by Crippen LogP contribution is -2.24. The minimum Gasteiger partial charge on any atom is -0.365 e. The quantitative estimate of drug-likeness (QED) is 0.719. The molecule has 2 N–H and O–H groups in total. The summed E-state index contributed by atoms with van der Waals surface area (Å²) in [5.41, 5.74) is 2.34. The van der Waals surface area contributed by atoms with Crippen molar-refractivity contribution in [1.82, 2.24) is 25.5 Å². The molecule has 0 radical (unpaired) electrons. The minimum atomic E-state index is -0.264. The molecular formula is C17H16N6O. The summed E-state index contributed by atoms with van der Waals surface area (Å²) in [5.74, 6) is 0.345. The van der Waals surface area contributed by atoms with Gasteiger partial charge in [-0.05, 0) is 47.5 Å². The first-order valence-corrected chi connectivity index (χ1v) is 7.45. The maximum atomic E-state index is 12.1. The molecule has 7 heteroatoms. The summed E-state index contributed by atoms with van der Waals surface area (Å²) in [4.78, 5) is 20.0. The number of carbonyl (C=O) groups is 1. The molecule has 0 saturated heterocycles. The van der Waals surface area contributed by atoms with Crippen LogP contribution in [0.1, 0.15) is 21.6 Å². The zero-order valence-corrected chi connectivity index (χ0v) is 12.9. The van der Waals surface area contributed by atoms with E-state index in [1.54, 1.807) is 36.9 Å². The summed E-state index contributed by atoms with van der Waals surface area (Å²) in [6.07, 6.45) is 6.84. The Morgan fingerprint density at radius 1 is 0.792 bits per heavy atom. The van der Waals surface area contributed by atoms with Gasteiger partial charge in [-0.1, -0.05) is 0 Å². The topological polar surface area (TPSA) is 92.7 Å². The van der Waals surface area contributed by atoms with Crippen molar-refractivity contribution in [3.05, 3.63) is 78.0 Å². The SMILES string of the molecule is O=C(NCc1ccncc1)c1ccc(NCc2ccncc2)nn1. The molecule has 0 unspecified atom stereocenters. The summed E-state index contributed by atoms with van der Waals surface area (Å²) < 4.78 is 0. The average Bonchev–Trinajstić information content (AvgIpc) is 2.66. The number of amides is 1. The second-order valence-corrected chi connectivity index (χ2v) is 5.05. The first-order valence-electron chi connectivity index (χ1n) is 7.45. The summed E-state index contributed by atoms with van der Waals surface area (Å²) >= 11 is 0. The second kappa shape index (κ2) is 7.77. The van der Waals surface area contributed by atoms with Gasteiger partial charge in [-0.15, -0.1) is 10.2 Å². The summed E-state index contributed by atoms with van der Waals surface area (Å²) in [5, 5.41) is 13.9. The van der Waals surface area contributed by atoms with E-state index in [1.807, 2.05) is 24.3 Å². The number of aromatic nitrogens is 4. The Morgan fingerprint density at radius 2 is 1.42 bits per heavy atom. The van der Waals surface area contributed by atoms with Gasteiger partial charge in [0.25, 0.3) is 5.91 Å². The fraction of sp³-hybridized carbons (Fsp3) is 0.118. The van der Waals surface area contributed by atoms with Crippen molar-refractivity contribution >= 4 is 11.7 Å². The van der Waals surface area contributed by atoms with Crippen molar-refractivity contribution in [2.24, 2.45) is 0 Å². The number of carbonyl (C=O) groups excluding carboxylic acids is 1. The van der Waals surface area contributed by atoms with Crippen molar-refractivity contribution in [3.8, 4) is 0 Å². The molecular weight excluding hydrogens is 304 g/mol. The molecule has 7 nitrogen and oxygen atoms in total. The van der Waals surface area contributed by atoms with Crippen LogP contribution in [-0.4, -0.2) is 26.1 Å². The molecule has 3 heterocycles. The first-order chi connectivity index (χ1) is 11.8. The normalized spacial score (nSPS) is 10.2. The number of pyridine rings is 2. The van der Waals surface area contributed by atoms with Crippen LogP contribution in [0.5, 0.6) is 0 Å². The predicted molar refractivity (Wildman–Crippen MR) is 89.0 cm³/mol. The summed E-state index contributed by atoms with van der Waals surface area (Å²) in [7, 11) is 0. The van der Waals surface area contributed by atoms with Crippen LogP contribution in [0, 0.1) is 0 Å². The molecule has 3 aromatic rings. The van der Waals surface area contributed by atoms with Gasteiger partial charge in [0.2, 0.25) is 0 Å². The molecule has 0 aliphatic carbocycles. The predicted octanol–water partition coefficient (Wildman–Crippen LogP) is 1.81. The molecule has 1 amide bonds. The zero-order chi connectivity index (χ0) is 16.6. The highest BCUT2D eigenvalue weighted by Gasteiger charge is 2.08. The van der Waals surface area contributed by atoms with Crippen LogP contribution in [-0.2, 0) is 13.1 Å². The van der Waals surface area contributed by atoms with Gasteiger partial charge in [0.15, 0.2) is 5.69 Å². The highest BCUT2D eigenvalue weighted by molar-refractivity contribution is 5.92. The van der Waals surface area contributed by atoms with E-state index in [0.29, 0.717) is 18.9 Å². The van der Waals surface area contributed by atoms with Crippen LogP contribution >= 0.6 is 0 Å². The number of nitrogens with zero attached hydrogens (tertiary/aromatic N) is 4. The Bertz CT molecular complexity index is 777. The van der Waals surface area contributed by atoms with E-state index >= 15 is 0 Å². The summed E-state index contributed by atoms with van der Waals surface area (Å²) in [6, 6.07) is 10.9. The van der Waals surface area contributed by atoms with Gasteiger partial charge in [0, 0.05) is 37.9 Å². The van der Waals surface area contributed by atoms with E-state index in [4.69, 9.17) is 0 Å². The van der Waals surface area contributed by atoms with Crippen LogP contribution in [0.15, 0.2) is 61.2 Å². The van der Waals surface area contributed by atoms with Crippen molar-refractivity contribution in [2.45, 2.75) is 13.1 Å². The van der Waals surface area contributed by atoms with Crippen LogP contribution < -0.4 is 10.6 Å². The standard InChI is InChI=1S/C17H16N6O/c24-17(21-12-14-5-9-19-10-6-14)15-1-2-16(23-22-15)20-11-13-3-7-18-8-4-13/h1-10H,11-12H2,(H,20,23)(H,21,24). The Balaban J connectivity index is 1.53.